The van der Waals surface area contributed by atoms with Crippen LogP contribution in [0, 0.1) is 0 Å². The van der Waals surface area contributed by atoms with Gasteiger partial charge in [-0.25, -0.2) is 4.79 Å². The van der Waals surface area contributed by atoms with Gasteiger partial charge in [0, 0.05) is 0 Å². The fraction of sp³-hybridized carbons (Fsp3) is 0.143. The fourth-order valence-electron chi connectivity index (χ4n) is 2.24. The standard InChI is InChI=1S/C14H10O4/c15-10-7-12(14(16)17)18-11-6-5-8-3-1-2-4-9(8)13(10)11/h1-6,12H,7H2,(H,16,17). The first-order valence-corrected chi connectivity index (χ1v) is 5.61. The number of carbonyl (C=O) groups is 2. The molecule has 3 rings (SSSR count). The molecule has 0 amide bonds. The Morgan fingerprint density at radius 1 is 1.22 bits per heavy atom. The van der Waals surface area contributed by atoms with Crippen LogP contribution in [0.2, 0.25) is 0 Å². The molecule has 1 N–H and O–H groups in total. The van der Waals surface area contributed by atoms with Gasteiger partial charge in [0.05, 0.1) is 12.0 Å². The molecular weight excluding hydrogens is 232 g/mol. The van der Waals surface area contributed by atoms with Crippen molar-refractivity contribution >= 4 is 22.5 Å². The first kappa shape index (κ1) is 10.8. The van der Waals surface area contributed by atoms with E-state index < -0.39 is 12.1 Å². The molecule has 2 aromatic carbocycles. The second-order valence-corrected chi connectivity index (χ2v) is 4.23. The fourth-order valence-corrected chi connectivity index (χ4v) is 2.24. The van der Waals surface area contributed by atoms with E-state index >= 15 is 0 Å². The summed E-state index contributed by atoms with van der Waals surface area (Å²) in [5.74, 6) is -0.931. The van der Waals surface area contributed by atoms with Crippen LogP contribution in [0.25, 0.3) is 10.8 Å². The summed E-state index contributed by atoms with van der Waals surface area (Å²) in [7, 11) is 0. The van der Waals surface area contributed by atoms with Crippen molar-refractivity contribution in [2.45, 2.75) is 12.5 Å². The van der Waals surface area contributed by atoms with Crippen LogP contribution in [0.5, 0.6) is 5.75 Å². The van der Waals surface area contributed by atoms with Gasteiger partial charge in [0.15, 0.2) is 5.78 Å². The maximum Gasteiger partial charge on any atom is 0.345 e. The van der Waals surface area contributed by atoms with Gasteiger partial charge >= 0.3 is 5.97 Å². The van der Waals surface area contributed by atoms with Crippen molar-refractivity contribution in [3.8, 4) is 5.75 Å². The summed E-state index contributed by atoms with van der Waals surface area (Å²) >= 11 is 0. The predicted octanol–water partition coefficient (Wildman–Crippen LogP) is 2.26. The molecule has 18 heavy (non-hydrogen) atoms. The molecule has 0 fully saturated rings. The zero-order chi connectivity index (χ0) is 12.7. The van der Waals surface area contributed by atoms with Crippen molar-refractivity contribution in [3.63, 3.8) is 0 Å². The number of fused-ring (bicyclic) bond motifs is 3. The molecule has 4 nitrogen and oxygen atoms in total. The zero-order valence-electron chi connectivity index (χ0n) is 9.42. The van der Waals surface area contributed by atoms with Crippen molar-refractivity contribution in [3.05, 3.63) is 42.0 Å². The number of benzene rings is 2. The van der Waals surface area contributed by atoms with Gasteiger partial charge in [-0.2, -0.15) is 0 Å². The van der Waals surface area contributed by atoms with Crippen LogP contribution in [0.3, 0.4) is 0 Å². The Morgan fingerprint density at radius 3 is 2.78 bits per heavy atom. The van der Waals surface area contributed by atoms with Gasteiger partial charge in [0.1, 0.15) is 5.75 Å². The highest BCUT2D eigenvalue weighted by Gasteiger charge is 2.32. The number of hydrogen-bond acceptors (Lipinski definition) is 3. The van der Waals surface area contributed by atoms with Crippen LogP contribution in [0.1, 0.15) is 16.8 Å². The van der Waals surface area contributed by atoms with E-state index in [9.17, 15) is 9.59 Å². The molecular formula is C14H10O4. The molecule has 90 valence electrons. The van der Waals surface area contributed by atoms with E-state index in [4.69, 9.17) is 9.84 Å². The van der Waals surface area contributed by atoms with Crippen molar-refractivity contribution in [1.82, 2.24) is 0 Å². The Hall–Kier alpha value is -2.36. The van der Waals surface area contributed by atoms with Crippen molar-refractivity contribution in [1.29, 1.82) is 0 Å². The highest BCUT2D eigenvalue weighted by molar-refractivity contribution is 6.12. The molecule has 1 aliphatic heterocycles. The second kappa shape index (κ2) is 3.84. The molecule has 1 aliphatic rings. The Kier molecular flexibility index (Phi) is 2.30. The Labute approximate surface area is 103 Å². The van der Waals surface area contributed by atoms with Crippen LogP contribution in [-0.4, -0.2) is 23.0 Å². The topological polar surface area (TPSA) is 63.6 Å². The number of carboxylic acid groups (broad SMARTS) is 1. The number of Topliss-reactive ketones (excluding diaryl/α,β-unsaturated/α-hetero) is 1. The van der Waals surface area contributed by atoms with E-state index in [2.05, 4.69) is 0 Å². The molecule has 4 heteroatoms. The van der Waals surface area contributed by atoms with Crippen LogP contribution in [0.4, 0.5) is 0 Å². The average molecular weight is 242 g/mol. The van der Waals surface area contributed by atoms with Gasteiger partial charge in [-0.05, 0) is 16.8 Å². The minimum Gasteiger partial charge on any atom is -0.478 e. The second-order valence-electron chi connectivity index (χ2n) is 4.23. The lowest BCUT2D eigenvalue weighted by molar-refractivity contribution is -0.145. The summed E-state index contributed by atoms with van der Waals surface area (Å²) in [5.41, 5.74) is 0.491. The smallest absolute Gasteiger partial charge is 0.345 e. The number of carbonyl (C=O) groups excluding carboxylic acids is 1. The van der Waals surface area contributed by atoms with Gasteiger partial charge in [-0.3, -0.25) is 4.79 Å². The minimum atomic E-state index is -1.11. The summed E-state index contributed by atoms with van der Waals surface area (Å²) in [6, 6.07) is 11.0. The van der Waals surface area contributed by atoms with E-state index in [0.717, 1.165) is 10.8 Å². The first-order valence-electron chi connectivity index (χ1n) is 5.61. The third-order valence-electron chi connectivity index (χ3n) is 3.09. The largest absolute Gasteiger partial charge is 0.478 e. The molecule has 2 aromatic rings. The molecule has 1 atom stereocenters. The number of ketones is 1. The van der Waals surface area contributed by atoms with E-state index in [1.54, 1.807) is 6.07 Å². The Balaban J connectivity index is 2.21. The minimum absolute atomic E-state index is 0.115. The number of ether oxygens (including phenoxy) is 1. The zero-order valence-corrected chi connectivity index (χ0v) is 9.42. The predicted molar refractivity (Wildman–Crippen MR) is 64.9 cm³/mol. The molecule has 0 saturated carbocycles. The third-order valence-corrected chi connectivity index (χ3v) is 3.09. The van der Waals surface area contributed by atoms with E-state index in [0.29, 0.717) is 11.3 Å². The van der Waals surface area contributed by atoms with E-state index in [-0.39, 0.29) is 12.2 Å². The number of carboxylic acids is 1. The van der Waals surface area contributed by atoms with Gasteiger partial charge in [0.25, 0.3) is 0 Å². The van der Waals surface area contributed by atoms with Gasteiger partial charge in [-0.15, -0.1) is 0 Å². The average Bonchev–Trinajstić information content (AvgIpc) is 2.37. The molecule has 0 saturated heterocycles. The van der Waals surface area contributed by atoms with Gasteiger partial charge < -0.3 is 9.84 Å². The van der Waals surface area contributed by atoms with Gasteiger partial charge in [0.2, 0.25) is 6.10 Å². The molecule has 1 unspecified atom stereocenters. The quantitative estimate of drug-likeness (QED) is 0.833. The summed E-state index contributed by atoms with van der Waals surface area (Å²) in [4.78, 5) is 23.0. The molecule has 1 heterocycles. The SMILES string of the molecule is O=C1CC(C(=O)O)Oc2ccc3ccccc3c21. The number of aliphatic carboxylic acids is 1. The van der Waals surface area contributed by atoms with Crippen LogP contribution < -0.4 is 4.74 Å². The van der Waals surface area contributed by atoms with Crippen LogP contribution in [-0.2, 0) is 4.79 Å². The summed E-state index contributed by atoms with van der Waals surface area (Å²) < 4.78 is 5.35. The number of hydrogen-bond donors (Lipinski definition) is 1. The Morgan fingerprint density at radius 2 is 2.00 bits per heavy atom. The van der Waals surface area contributed by atoms with Crippen molar-refractivity contribution < 1.29 is 19.4 Å². The van der Waals surface area contributed by atoms with Crippen LogP contribution >= 0.6 is 0 Å². The lowest BCUT2D eigenvalue weighted by Crippen LogP contribution is -2.34. The molecule has 0 aromatic heterocycles. The number of rotatable bonds is 1. The van der Waals surface area contributed by atoms with E-state index in [1.165, 1.54) is 0 Å². The maximum absolute atomic E-state index is 12.1. The molecule has 0 radical (unpaired) electrons. The highest BCUT2D eigenvalue weighted by Crippen LogP contribution is 2.33. The summed E-state index contributed by atoms with van der Waals surface area (Å²) in [6.45, 7) is 0. The Bertz CT molecular complexity index is 660. The monoisotopic (exact) mass is 242 g/mol. The first-order chi connectivity index (χ1) is 8.66. The third kappa shape index (κ3) is 1.54. The summed E-state index contributed by atoms with van der Waals surface area (Å²) in [6.07, 6.45) is -1.19. The highest BCUT2D eigenvalue weighted by atomic mass is 16.5. The normalized spacial score (nSPS) is 18.2. The maximum atomic E-state index is 12.1. The van der Waals surface area contributed by atoms with Crippen molar-refractivity contribution in [2.75, 3.05) is 0 Å². The van der Waals surface area contributed by atoms with E-state index in [1.807, 2.05) is 30.3 Å². The lowest BCUT2D eigenvalue weighted by Gasteiger charge is -2.23. The summed E-state index contributed by atoms with van der Waals surface area (Å²) in [5, 5.41) is 10.7. The molecule has 0 spiro atoms. The molecule has 0 bridgehead atoms. The lowest BCUT2D eigenvalue weighted by atomic mass is 9.95. The van der Waals surface area contributed by atoms with Gasteiger partial charge in [-0.1, -0.05) is 30.3 Å². The van der Waals surface area contributed by atoms with Crippen LogP contribution in [0.15, 0.2) is 36.4 Å². The molecule has 0 aliphatic carbocycles. The van der Waals surface area contributed by atoms with Crippen molar-refractivity contribution in [2.24, 2.45) is 0 Å².